The second kappa shape index (κ2) is 15.1. The lowest BCUT2D eigenvalue weighted by Crippen LogP contribution is -2.61. The molecule has 4 heteroatoms. The first-order chi connectivity index (χ1) is 31.3. The van der Waals surface area contributed by atoms with E-state index >= 15 is 0 Å². The molecule has 1 saturated carbocycles. The van der Waals surface area contributed by atoms with Crippen molar-refractivity contribution in [2.75, 3.05) is 14.7 Å². The fourth-order valence-electron chi connectivity index (χ4n) is 12.6. The van der Waals surface area contributed by atoms with Gasteiger partial charge in [-0.25, -0.2) is 0 Å². The standard InChI is InChI=1S/C63H76BN3/c1-40(2)41-21-26-46(27-22-41)65-53-20-18-17-19-50(53)64-51-31-30-48(67-52-32-25-43(59(6,7)8)35-49(52)62(15)39-44(60(9,10)11)33-34-63(62,67)16)38-54(51)66(47-28-23-42(24-29-47)58(3,4)5)56-37-45(61(12,13)14)36-55(65)57(56)64/h17-32,35-38,40,44H,33-34,39H2,1-16H3. The molecule has 10 rings (SSSR count). The first-order valence-electron chi connectivity index (χ1n) is 25.5. The molecule has 1 fully saturated rings. The Labute approximate surface area is 405 Å². The minimum atomic E-state index is -0.108. The number of rotatable bonds is 4. The number of hydrogen-bond acceptors (Lipinski definition) is 3. The Kier molecular flexibility index (Phi) is 10.3. The molecule has 0 saturated heterocycles. The predicted octanol–water partition coefficient (Wildman–Crippen LogP) is 15.8. The van der Waals surface area contributed by atoms with E-state index in [1.807, 2.05) is 0 Å². The molecule has 346 valence electrons. The number of hydrogen-bond donors (Lipinski definition) is 0. The summed E-state index contributed by atoms with van der Waals surface area (Å²) in [6, 6.07) is 48.2. The molecular weight excluding hydrogens is 810 g/mol. The van der Waals surface area contributed by atoms with Crippen LogP contribution in [0.3, 0.4) is 0 Å². The van der Waals surface area contributed by atoms with Crippen LogP contribution in [-0.4, -0.2) is 12.3 Å². The number of benzene rings is 6. The van der Waals surface area contributed by atoms with Crippen molar-refractivity contribution in [1.82, 2.24) is 0 Å². The SMILES string of the molecule is CC(C)c1ccc(N2c3ccccc3B3c4ccc(N5c6ccc(C(C)(C)C)cc6C6(C)CC(C(C)(C)C)CCC56C)cc4N(c4ccc(C(C)(C)C)cc4)c4cc(C(C)(C)C)cc2c43)cc1. The molecule has 0 radical (unpaired) electrons. The minimum Gasteiger partial charge on any atom is -0.334 e. The van der Waals surface area contributed by atoms with Gasteiger partial charge in [0.25, 0.3) is 6.71 Å². The summed E-state index contributed by atoms with van der Waals surface area (Å²) in [6.45, 7) is 38.4. The van der Waals surface area contributed by atoms with Crippen LogP contribution in [0.15, 0.2) is 121 Å². The van der Waals surface area contributed by atoms with Crippen molar-refractivity contribution in [1.29, 1.82) is 0 Å². The molecule has 3 nitrogen and oxygen atoms in total. The van der Waals surface area contributed by atoms with Crippen molar-refractivity contribution >= 4 is 68.6 Å². The van der Waals surface area contributed by atoms with Crippen LogP contribution >= 0.6 is 0 Å². The number of anilines is 8. The van der Waals surface area contributed by atoms with Crippen molar-refractivity contribution in [3.8, 4) is 0 Å². The molecule has 1 aliphatic carbocycles. The fraction of sp³-hybridized carbons (Fsp3) is 0.429. The average Bonchev–Trinajstić information content (AvgIpc) is 3.47. The van der Waals surface area contributed by atoms with Crippen molar-refractivity contribution in [2.45, 2.75) is 163 Å². The first-order valence-corrected chi connectivity index (χ1v) is 25.5. The van der Waals surface area contributed by atoms with Gasteiger partial charge >= 0.3 is 0 Å². The van der Waals surface area contributed by atoms with Gasteiger partial charge < -0.3 is 14.7 Å². The van der Waals surface area contributed by atoms with Crippen LogP contribution in [0.4, 0.5) is 45.5 Å². The predicted molar refractivity (Wildman–Crippen MR) is 292 cm³/mol. The van der Waals surface area contributed by atoms with Gasteiger partial charge in [-0.3, -0.25) is 0 Å². The molecule has 0 N–H and O–H groups in total. The highest BCUT2D eigenvalue weighted by atomic mass is 15.3. The zero-order valence-electron chi connectivity index (χ0n) is 43.7. The van der Waals surface area contributed by atoms with Crippen molar-refractivity contribution in [3.05, 3.63) is 149 Å². The van der Waals surface area contributed by atoms with E-state index < -0.39 is 0 Å². The molecule has 6 aromatic carbocycles. The van der Waals surface area contributed by atoms with E-state index in [9.17, 15) is 0 Å². The lowest BCUT2D eigenvalue weighted by atomic mass is 9.33. The Morgan fingerprint density at radius 3 is 1.64 bits per heavy atom. The molecule has 3 heterocycles. The largest absolute Gasteiger partial charge is 0.334 e. The molecule has 3 unspecified atom stereocenters. The summed E-state index contributed by atoms with van der Waals surface area (Å²) in [5.41, 5.74) is 21.3. The normalized spacial score (nSPS) is 21.2. The Balaban J connectivity index is 1.25. The van der Waals surface area contributed by atoms with Gasteiger partial charge in [0.1, 0.15) is 0 Å². The summed E-state index contributed by atoms with van der Waals surface area (Å²) in [4.78, 5) is 8.01. The summed E-state index contributed by atoms with van der Waals surface area (Å²) >= 11 is 0. The van der Waals surface area contributed by atoms with Crippen LogP contribution in [0, 0.1) is 11.3 Å². The third kappa shape index (κ3) is 7.12. The summed E-state index contributed by atoms with van der Waals surface area (Å²) in [5.74, 6) is 1.11. The summed E-state index contributed by atoms with van der Waals surface area (Å²) < 4.78 is 0. The number of fused-ring (bicyclic) bond motifs is 7. The number of para-hydroxylation sites is 1. The topological polar surface area (TPSA) is 9.72 Å². The quantitative estimate of drug-likeness (QED) is 0.163. The Morgan fingerprint density at radius 1 is 0.522 bits per heavy atom. The summed E-state index contributed by atoms with van der Waals surface area (Å²) in [5, 5.41) is 0. The van der Waals surface area contributed by atoms with E-state index in [4.69, 9.17) is 0 Å². The Hall–Kier alpha value is -5.22. The maximum Gasteiger partial charge on any atom is 0.252 e. The third-order valence-corrected chi connectivity index (χ3v) is 17.1. The second-order valence-electron chi connectivity index (χ2n) is 25.9. The molecule has 6 aromatic rings. The Morgan fingerprint density at radius 2 is 1.06 bits per heavy atom. The van der Waals surface area contributed by atoms with Crippen LogP contribution in [0.2, 0.25) is 0 Å². The van der Waals surface area contributed by atoms with Crippen LogP contribution in [0.25, 0.3) is 0 Å². The van der Waals surface area contributed by atoms with E-state index in [0.29, 0.717) is 11.8 Å². The van der Waals surface area contributed by atoms with Crippen LogP contribution in [-0.2, 0) is 21.7 Å². The van der Waals surface area contributed by atoms with Gasteiger partial charge in [-0.15, -0.1) is 0 Å². The minimum absolute atomic E-state index is 0.0274. The molecular formula is C63H76BN3. The van der Waals surface area contributed by atoms with Crippen LogP contribution in [0.1, 0.15) is 164 Å². The zero-order chi connectivity index (χ0) is 48.0. The van der Waals surface area contributed by atoms with Crippen molar-refractivity contribution in [3.63, 3.8) is 0 Å². The molecule has 67 heavy (non-hydrogen) atoms. The third-order valence-electron chi connectivity index (χ3n) is 17.1. The summed E-state index contributed by atoms with van der Waals surface area (Å²) in [7, 11) is 0. The Bertz CT molecular complexity index is 2900. The highest BCUT2D eigenvalue weighted by Gasteiger charge is 2.60. The maximum absolute atomic E-state index is 2.80. The highest BCUT2D eigenvalue weighted by molar-refractivity contribution is 7.00. The fourth-order valence-corrected chi connectivity index (χ4v) is 12.6. The van der Waals surface area contributed by atoms with Gasteiger partial charge in [0, 0.05) is 50.9 Å². The van der Waals surface area contributed by atoms with Gasteiger partial charge in [-0.1, -0.05) is 165 Å². The van der Waals surface area contributed by atoms with E-state index in [1.165, 1.54) is 103 Å². The zero-order valence-corrected chi connectivity index (χ0v) is 43.7. The molecule has 3 atom stereocenters. The molecule has 3 aliphatic heterocycles. The molecule has 4 aliphatic rings. The van der Waals surface area contributed by atoms with Gasteiger partial charge in [-0.05, 0) is 165 Å². The maximum atomic E-state index is 2.80. The summed E-state index contributed by atoms with van der Waals surface area (Å²) in [6.07, 6.45) is 3.55. The van der Waals surface area contributed by atoms with Crippen molar-refractivity contribution < 1.29 is 0 Å². The van der Waals surface area contributed by atoms with E-state index in [0.717, 1.165) is 6.42 Å². The second-order valence-corrected chi connectivity index (χ2v) is 25.9. The lowest BCUT2D eigenvalue weighted by Gasteiger charge is -2.54. The molecule has 0 spiro atoms. The lowest BCUT2D eigenvalue weighted by molar-refractivity contribution is 0.0786. The molecule has 0 amide bonds. The highest BCUT2D eigenvalue weighted by Crippen LogP contribution is 2.64. The molecule has 0 bridgehead atoms. The number of nitrogens with zero attached hydrogens (tertiary/aromatic N) is 3. The average molecular weight is 886 g/mol. The van der Waals surface area contributed by atoms with Crippen LogP contribution in [0.5, 0.6) is 0 Å². The van der Waals surface area contributed by atoms with Crippen LogP contribution < -0.4 is 31.1 Å². The van der Waals surface area contributed by atoms with E-state index in [2.05, 4.69) is 247 Å². The van der Waals surface area contributed by atoms with Crippen molar-refractivity contribution in [2.24, 2.45) is 11.3 Å². The van der Waals surface area contributed by atoms with Gasteiger partial charge in [-0.2, -0.15) is 0 Å². The monoisotopic (exact) mass is 886 g/mol. The first kappa shape index (κ1) is 45.6. The van der Waals surface area contributed by atoms with E-state index in [1.54, 1.807) is 0 Å². The van der Waals surface area contributed by atoms with Gasteiger partial charge in [0.15, 0.2) is 0 Å². The molecule has 0 aromatic heterocycles. The van der Waals surface area contributed by atoms with Gasteiger partial charge in [0.2, 0.25) is 0 Å². The smallest absolute Gasteiger partial charge is 0.252 e. The van der Waals surface area contributed by atoms with Gasteiger partial charge in [0.05, 0.1) is 5.54 Å². The van der Waals surface area contributed by atoms with E-state index in [-0.39, 0.29) is 39.3 Å².